The molecule has 6 heteroatoms. The Morgan fingerprint density at radius 3 is 2.89 bits per heavy atom. The molecule has 1 aromatic carbocycles. The number of non-ortho nitro benzene ring substituents is 1. The first kappa shape index (κ1) is 12.2. The Hall–Kier alpha value is -2.24. The second kappa shape index (κ2) is 4.95. The average Bonchev–Trinajstić information content (AvgIpc) is 2.77. The zero-order chi connectivity index (χ0) is 13.1. The minimum absolute atomic E-state index is 0.263. The number of aromatic nitrogens is 2. The molecule has 0 saturated heterocycles. The van der Waals surface area contributed by atoms with Crippen molar-refractivity contribution in [1.29, 1.82) is 0 Å². The molecule has 0 amide bonds. The highest BCUT2D eigenvalue weighted by Gasteiger charge is 2.12. The summed E-state index contributed by atoms with van der Waals surface area (Å²) in [4.78, 5) is 14.2. The van der Waals surface area contributed by atoms with Crippen LogP contribution in [0, 0.1) is 15.9 Å². The summed E-state index contributed by atoms with van der Waals surface area (Å²) < 4.78 is 15.0. The third-order valence-corrected chi connectivity index (χ3v) is 2.55. The lowest BCUT2D eigenvalue weighted by Gasteiger charge is -2.07. The molecule has 94 valence electrons. The van der Waals surface area contributed by atoms with Crippen molar-refractivity contribution in [3.8, 4) is 5.69 Å². The molecule has 18 heavy (non-hydrogen) atoms. The number of rotatable bonds is 4. The Kier molecular flexibility index (Phi) is 3.36. The summed E-state index contributed by atoms with van der Waals surface area (Å²) in [6.07, 6.45) is 4.90. The van der Waals surface area contributed by atoms with Crippen LogP contribution < -0.4 is 0 Å². The molecule has 2 rings (SSSR count). The van der Waals surface area contributed by atoms with Gasteiger partial charge in [-0.05, 0) is 12.5 Å². The fourth-order valence-electron chi connectivity index (χ4n) is 1.78. The summed E-state index contributed by atoms with van der Waals surface area (Å²) in [5, 5.41) is 10.7. The van der Waals surface area contributed by atoms with Crippen LogP contribution >= 0.6 is 0 Å². The van der Waals surface area contributed by atoms with Gasteiger partial charge in [-0.1, -0.05) is 6.92 Å². The van der Waals surface area contributed by atoms with E-state index < -0.39 is 10.7 Å². The first-order valence-electron chi connectivity index (χ1n) is 5.59. The molecule has 0 saturated carbocycles. The van der Waals surface area contributed by atoms with Gasteiger partial charge < -0.3 is 4.57 Å². The smallest absolute Gasteiger partial charge is 0.274 e. The van der Waals surface area contributed by atoms with Gasteiger partial charge in [-0.25, -0.2) is 9.37 Å². The van der Waals surface area contributed by atoms with E-state index in [1.807, 2.05) is 6.92 Å². The van der Waals surface area contributed by atoms with E-state index in [2.05, 4.69) is 4.98 Å². The maximum Gasteiger partial charge on any atom is 0.274 e. The Bertz CT molecular complexity index is 580. The van der Waals surface area contributed by atoms with Gasteiger partial charge in [0.25, 0.3) is 5.69 Å². The lowest BCUT2D eigenvalue weighted by atomic mass is 10.2. The van der Waals surface area contributed by atoms with Gasteiger partial charge in [-0.2, -0.15) is 0 Å². The molecule has 0 aliphatic carbocycles. The van der Waals surface area contributed by atoms with Gasteiger partial charge in [0.15, 0.2) is 0 Å². The molecule has 2 aromatic rings. The van der Waals surface area contributed by atoms with Gasteiger partial charge in [0.05, 0.1) is 16.7 Å². The van der Waals surface area contributed by atoms with E-state index >= 15 is 0 Å². The van der Waals surface area contributed by atoms with Crippen LogP contribution in [0.4, 0.5) is 10.1 Å². The van der Waals surface area contributed by atoms with Crippen molar-refractivity contribution in [2.75, 3.05) is 0 Å². The Balaban J connectivity index is 2.49. The van der Waals surface area contributed by atoms with Crippen molar-refractivity contribution in [2.24, 2.45) is 0 Å². The lowest BCUT2D eigenvalue weighted by molar-refractivity contribution is -0.385. The van der Waals surface area contributed by atoms with Crippen LogP contribution in [0.3, 0.4) is 0 Å². The maximum atomic E-state index is 13.4. The number of nitro groups is 1. The fourth-order valence-corrected chi connectivity index (χ4v) is 1.78. The molecular weight excluding hydrogens is 237 g/mol. The Morgan fingerprint density at radius 1 is 1.44 bits per heavy atom. The zero-order valence-electron chi connectivity index (χ0n) is 9.84. The van der Waals surface area contributed by atoms with E-state index in [-0.39, 0.29) is 5.69 Å². The third kappa shape index (κ3) is 2.37. The van der Waals surface area contributed by atoms with Crippen molar-refractivity contribution >= 4 is 5.69 Å². The summed E-state index contributed by atoms with van der Waals surface area (Å²) in [6.45, 7) is 2.01. The number of nitrogens with zero attached hydrogens (tertiary/aromatic N) is 3. The molecule has 1 heterocycles. The van der Waals surface area contributed by atoms with E-state index in [1.165, 1.54) is 12.1 Å². The van der Waals surface area contributed by atoms with Gasteiger partial charge in [-0.15, -0.1) is 0 Å². The second-order valence-electron chi connectivity index (χ2n) is 3.89. The number of aryl methyl sites for hydroxylation is 1. The van der Waals surface area contributed by atoms with Crippen LogP contribution in [0.15, 0.2) is 30.6 Å². The number of hydrogen-bond acceptors (Lipinski definition) is 3. The van der Waals surface area contributed by atoms with Crippen LogP contribution in [0.2, 0.25) is 0 Å². The first-order chi connectivity index (χ1) is 8.61. The van der Waals surface area contributed by atoms with Gasteiger partial charge >= 0.3 is 0 Å². The van der Waals surface area contributed by atoms with Crippen LogP contribution in [0.5, 0.6) is 0 Å². The predicted molar refractivity (Wildman–Crippen MR) is 64.2 cm³/mol. The number of imidazole rings is 1. The van der Waals surface area contributed by atoms with Crippen molar-refractivity contribution < 1.29 is 9.31 Å². The molecule has 0 fully saturated rings. The number of halogens is 1. The molecule has 0 aliphatic heterocycles. The van der Waals surface area contributed by atoms with E-state index in [4.69, 9.17) is 0 Å². The van der Waals surface area contributed by atoms with Crippen molar-refractivity contribution in [2.45, 2.75) is 19.8 Å². The van der Waals surface area contributed by atoms with Crippen molar-refractivity contribution in [1.82, 2.24) is 9.55 Å². The summed E-state index contributed by atoms with van der Waals surface area (Å²) in [7, 11) is 0. The highest BCUT2D eigenvalue weighted by molar-refractivity contribution is 5.44. The van der Waals surface area contributed by atoms with E-state index in [9.17, 15) is 14.5 Å². The van der Waals surface area contributed by atoms with Gasteiger partial charge in [0, 0.05) is 24.9 Å². The topological polar surface area (TPSA) is 61.0 Å². The van der Waals surface area contributed by atoms with Crippen molar-refractivity contribution in [3.05, 3.63) is 52.3 Å². The van der Waals surface area contributed by atoms with Crippen LogP contribution in [0.25, 0.3) is 5.69 Å². The van der Waals surface area contributed by atoms with Gasteiger partial charge in [0.1, 0.15) is 11.6 Å². The van der Waals surface area contributed by atoms with Crippen LogP contribution in [-0.4, -0.2) is 14.5 Å². The molecule has 1 aromatic heterocycles. The highest BCUT2D eigenvalue weighted by Crippen LogP contribution is 2.20. The molecule has 0 aliphatic rings. The number of hydrogen-bond donors (Lipinski definition) is 0. The molecular formula is C12H12FN3O2. The zero-order valence-corrected chi connectivity index (χ0v) is 9.84. The minimum Gasteiger partial charge on any atom is -0.303 e. The summed E-state index contributed by atoms with van der Waals surface area (Å²) >= 11 is 0. The van der Waals surface area contributed by atoms with Crippen LogP contribution in [-0.2, 0) is 6.42 Å². The number of benzene rings is 1. The average molecular weight is 249 g/mol. The van der Waals surface area contributed by atoms with Gasteiger partial charge in [-0.3, -0.25) is 10.1 Å². The molecule has 0 N–H and O–H groups in total. The van der Waals surface area contributed by atoms with Gasteiger partial charge in [0.2, 0.25) is 0 Å². The quantitative estimate of drug-likeness (QED) is 0.618. The first-order valence-corrected chi connectivity index (χ1v) is 5.59. The molecule has 0 unspecified atom stereocenters. The summed E-state index contributed by atoms with van der Waals surface area (Å²) in [5.41, 5.74) is 0.156. The minimum atomic E-state index is -0.629. The molecule has 0 atom stereocenters. The molecule has 0 bridgehead atoms. The maximum absolute atomic E-state index is 13.4. The SMILES string of the molecule is CCCc1nccn1-c1cc(F)cc([N+](=O)[O-])c1. The highest BCUT2D eigenvalue weighted by atomic mass is 19.1. The van der Waals surface area contributed by atoms with E-state index in [0.29, 0.717) is 5.69 Å². The third-order valence-electron chi connectivity index (χ3n) is 2.55. The standard InChI is InChI=1S/C12H12FN3O2/c1-2-3-12-14-4-5-15(12)10-6-9(13)7-11(8-10)16(17)18/h4-8H,2-3H2,1H3. The monoisotopic (exact) mass is 249 g/mol. The van der Waals surface area contributed by atoms with Crippen molar-refractivity contribution in [3.63, 3.8) is 0 Å². The van der Waals surface area contributed by atoms with Crippen LogP contribution in [0.1, 0.15) is 19.2 Å². The largest absolute Gasteiger partial charge is 0.303 e. The van der Waals surface area contributed by atoms with E-state index in [0.717, 1.165) is 24.7 Å². The molecule has 0 radical (unpaired) electrons. The molecule has 0 spiro atoms. The Morgan fingerprint density at radius 2 is 2.22 bits per heavy atom. The normalized spacial score (nSPS) is 10.6. The number of nitro benzene ring substituents is 1. The molecule has 5 nitrogen and oxygen atoms in total. The summed E-state index contributed by atoms with van der Waals surface area (Å²) in [5.74, 6) is 0.132. The predicted octanol–water partition coefficient (Wildman–Crippen LogP) is 2.87. The lowest BCUT2D eigenvalue weighted by Crippen LogP contribution is -2.01. The summed E-state index contributed by atoms with van der Waals surface area (Å²) in [6, 6.07) is 3.50. The van der Waals surface area contributed by atoms with E-state index in [1.54, 1.807) is 17.0 Å². The fraction of sp³-hybridized carbons (Fsp3) is 0.250. The second-order valence-corrected chi connectivity index (χ2v) is 3.89. The Labute approximate surface area is 103 Å².